The molecule has 11 heteroatoms. The Morgan fingerprint density at radius 2 is 2.06 bits per heavy atom. The zero-order valence-corrected chi connectivity index (χ0v) is 23.0. The van der Waals surface area contributed by atoms with Crippen molar-refractivity contribution in [1.29, 1.82) is 0 Å². The normalized spacial score (nSPS) is 15.6. The maximum atomic E-state index is 12.6. The molecule has 0 saturated heterocycles. The van der Waals surface area contributed by atoms with E-state index in [0.717, 1.165) is 52.6 Å². The number of aryl methyl sites for hydroxylation is 1. The zero-order chi connectivity index (χ0) is 24.9. The molecule has 36 heavy (non-hydrogen) atoms. The van der Waals surface area contributed by atoms with Gasteiger partial charge in [0.25, 0.3) is 0 Å². The summed E-state index contributed by atoms with van der Waals surface area (Å²) in [6.45, 7) is 4.30. The third-order valence-corrected chi connectivity index (χ3v) is 10.0. The number of benzene rings is 1. The second kappa shape index (κ2) is 9.28. The molecule has 1 aromatic carbocycles. The Hall–Kier alpha value is -2.76. The van der Waals surface area contributed by atoms with Crippen LogP contribution in [0.5, 0.6) is 0 Å². The standard InChI is InChI=1S/C25H25N7OS2.V/c1-16-26-10-12-31(16)14-17-3-5-19(6-4-17)28-25-29-23(20-7-9-27-24(20)30-25)22-13-18-15-32(35(2)33)11-8-21(18)34-22;/h3-7,9-10,12-13H,8,11,14-15H2,1-2H3,(H2,27,28,29,30);. The molecule has 2 N–H and O–H groups in total. The molecule has 0 fully saturated rings. The van der Waals surface area contributed by atoms with Crippen molar-refractivity contribution in [3.63, 3.8) is 0 Å². The first-order chi connectivity index (χ1) is 17.3. The number of hydrogen-bond acceptors (Lipinski definition) is 6. The van der Waals surface area contributed by atoms with Crippen LogP contribution >= 0.6 is 11.3 Å². The summed E-state index contributed by atoms with van der Waals surface area (Å²) in [5, 5.41) is 4.37. The van der Waals surface area contributed by atoms with E-state index >= 15 is 0 Å². The minimum absolute atomic E-state index is 0.550. The molecule has 5 heterocycles. The number of nitrogens with zero attached hydrogens (tertiary/aromatic N) is 5. The molecule has 4 aromatic heterocycles. The van der Waals surface area contributed by atoms with Crippen LogP contribution in [0.2, 0.25) is 0 Å². The van der Waals surface area contributed by atoms with Crippen LogP contribution in [0.15, 0.2) is 55.0 Å². The molecule has 6 rings (SSSR count). The van der Waals surface area contributed by atoms with Gasteiger partial charge in [-0.05, 0) is 12.5 Å². The van der Waals surface area contributed by atoms with Crippen molar-refractivity contribution >= 4 is 41.8 Å². The van der Waals surface area contributed by atoms with E-state index in [1.807, 2.05) is 43.7 Å². The minimum Gasteiger partial charge on any atom is -0.0552 e. The summed E-state index contributed by atoms with van der Waals surface area (Å²) in [5.74, 6) is 1.55. The van der Waals surface area contributed by atoms with E-state index in [1.165, 1.54) is 16.0 Å². The summed E-state index contributed by atoms with van der Waals surface area (Å²) in [7, 11) is -2.03. The number of H-pyrrole nitrogens is 1. The first kappa shape index (κ1) is 23.6. The van der Waals surface area contributed by atoms with Gasteiger partial charge < -0.3 is 4.57 Å². The molecular formula is C25H25N7OS2V. The average molecular weight is 555 g/mol. The monoisotopic (exact) mass is 554 g/mol. The molecule has 1 atom stereocenters. The Morgan fingerprint density at radius 3 is 2.81 bits per heavy atom. The summed E-state index contributed by atoms with van der Waals surface area (Å²) < 4.78 is 16.7. The first-order valence-corrected chi connectivity index (χ1v) is 16.0. The zero-order valence-electron chi connectivity index (χ0n) is 19.9. The first-order valence-electron chi connectivity index (χ1n) is 11.6. The summed E-state index contributed by atoms with van der Waals surface area (Å²) in [6.07, 6.45) is 8.41. The fourth-order valence-corrected chi connectivity index (χ4v) is 7.12. The third-order valence-electron chi connectivity index (χ3n) is 6.45. The minimum atomic E-state index is -2.03. The summed E-state index contributed by atoms with van der Waals surface area (Å²) >= 11 is 4.11. The van der Waals surface area contributed by atoms with E-state index in [0.29, 0.717) is 12.5 Å². The predicted molar refractivity (Wildman–Crippen MR) is 141 cm³/mol. The van der Waals surface area contributed by atoms with Gasteiger partial charge in [-0.25, -0.2) is 4.98 Å². The van der Waals surface area contributed by atoms with Crippen LogP contribution in [0.25, 0.3) is 21.6 Å². The van der Waals surface area contributed by atoms with Crippen LogP contribution in [0.1, 0.15) is 21.8 Å². The molecule has 0 radical (unpaired) electrons. The van der Waals surface area contributed by atoms with Crippen LogP contribution in [0, 0.1) is 6.92 Å². The summed E-state index contributed by atoms with van der Waals surface area (Å²) in [5.41, 5.74) is 5.07. The van der Waals surface area contributed by atoms with Crippen LogP contribution in [0.4, 0.5) is 11.6 Å². The van der Waals surface area contributed by atoms with Crippen LogP contribution in [-0.2, 0) is 43.0 Å². The van der Waals surface area contributed by atoms with Gasteiger partial charge in [-0.15, -0.1) is 0 Å². The van der Waals surface area contributed by atoms with Gasteiger partial charge in [0.1, 0.15) is 5.82 Å². The van der Waals surface area contributed by atoms with E-state index < -0.39 is 7.77 Å². The average Bonchev–Trinajstić information content (AvgIpc) is 3.58. The Bertz CT molecular complexity index is 1670. The van der Waals surface area contributed by atoms with Crippen LogP contribution in [0.3, 0.4) is 0 Å². The van der Waals surface area contributed by atoms with Gasteiger partial charge in [-0.3, -0.25) is 0 Å². The fourth-order valence-electron chi connectivity index (χ4n) is 4.49. The molecule has 0 amide bonds. The molecule has 183 valence electrons. The van der Waals surface area contributed by atoms with Crippen LogP contribution in [-0.4, -0.2) is 45.8 Å². The van der Waals surface area contributed by atoms with Gasteiger partial charge in [0, 0.05) is 18.9 Å². The Morgan fingerprint density at radius 1 is 1.22 bits per heavy atom. The Balaban J connectivity index is 1.28. The number of fused-ring (bicyclic) bond motifs is 2. The third kappa shape index (κ3) is 4.67. The van der Waals surface area contributed by atoms with Gasteiger partial charge in [-0.2, -0.15) is 0 Å². The smallest absolute Gasteiger partial charge is 0.0552 e. The molecule has 0 saturated carbocycles. The van der Waals surface area contributed by atoms with Gasteiger partial charge in [0.05, 0.1) is 0 Å². The van der Waals surface area contributed by atoms with E-state index in [4.69, 9.17) is 9.97 Å². The van der Waals surface area contributed by atoms with Crippen molar-refractivity contribution in [3.05, 3.63) is 76.8 Å². The van der Waals surface area contributed by atoms with Crippen LogP contribution < -0.4 is 5.32 Å². The number of hydrogen-bond donors (Lipinski definition) is 2. The molecule has 5 aromatic rings. The van der Waals surface area contributed by atoms with E-state index in [1.54, 1.807) is 17.6 Å². The van der Waals surface area contributed by atoms with Crippen molar-refractivity contribution in [2.75, 3.05) is 18.1 Å². The number of imidazole rings is 1. The SMILES string of the molecule is Cc1nccn1Cc1ccc(Nc2nc(-c3cc4c(s3)CCN([S](C)(=O)=[V])C4)c3cc[nH]c3n2)cc1. The van der Waals surface area contributed by atoms with Gasteiger partial charge in [-0.1, -0.05) is 12.1 Å². The van der Waals surface area contributed by atoms with Crippen molar-refractivity contribution in [1.82, 2.24) is 28.8 Å². The number of aromatic nitrogens is 5. The number of anilines is 2. The topological polar surface area (TPSA) is 91.7 Å². The second-order valence-electron chi connectivity index (χ2n) is 9.00. The number of thiophene rings is 1. The summed E-state index contributed by atoms with van der Waals surface area (Å²) in [6, 6.07) is 12.5. The van der Waals surface area contributed by atoms with Crippen molar-refractivity contribution in [3.8, 4) is 10.6 Å². The van der Waals surface area contributed by atoms with Crippen molar-refractivity contribution < 1.29 is 19.9 Å². The number of nitrogens with one attached hydrogen (secondary N) is 2. The summed E-state index contributed by atoms with van der Waals surface area (Å²) in [4.78, 5) is 19.6. The van der Waals surface area contributed by atoms with Gasteiger partial charge in [0.2, 0.25) is 0 Å². The Kier molecular flexibility index (Phi) is 6.09. The molecule has 8 nitrogen and oxygen atoms in total. The maximum absolute atomic E-state index is 12.6. The fraction of sp³-hybridized carbons (Fsp3) is 0.240. The molecule has 0 bridgehead atoms. The quantitative estimate of drug-likeness (QED) is 0.319. The number of aromatic amines is 1. The van der Waals surface area contributed by atoms with Gasteiger partial charge >= 0.3 is 164 Å². The second-order valence-corrected chi connectivity index (χ2v) is 15.3. The van der Waals surface area contributed by atoms with E-state index in [-0.39, 0.29) is 0 Å². The predicted octanol–water partition coefficient (Wildman–Crippen LogP) is 4.63. The molecule has 0 aliphatic carbocycles. The van der Waals surface area contributed by atoms with E-state index in [2.05, 4.69) is 58.1 Å². The molecule has 1 aliphatic heterocycles. The number of rotatable bonds is 6. The molecular weight excluding hydrogens is 529 g/mol. The van der Waals surface area contributed by atoms with Gasteiger partial charge in [0.15, 0.2) is 0 Å². The molecule has 1 aliphatic rings. The van der Waals surface area contributed by atoms with Crippen molar-refractivity contribution in [2.24, 2.45) is 0 Å². The van der Waals surface area contributed by atoms with Crippen molar-refractivity contribution in [2.45, 2.75) is 26.4 Å². The molecule has 1 unspecified atom stereocenters. The van der Waals surface area contributed by atoms with E-state index in [9.17, 15) is 4.21 Å². The Labute approximate surface area is 221 Å². The molecule has 0 spiro atoms.